The number of anilines is 1. The number of aliphatic hydroxyl groups excluding tert-OH is 2. The second-order valence-corrected chi connectivity index (χ2v) is 4.97. The lowest BCUT2D eigenvalue weighted by atomic mass is 10.0. The van der Waals surface area contributed by atoms with E-state index in [1.54, 1.807) is 12.1 Å². The Hall–Kier alpha value is -2.58. The molecule has 4 N–H and O–H groups in total. The predicted octanol–water partition coefficient (Wildman–Crippen LogP) is 2.25. The Morgan fingerprint density at radius 1 is 1.12 bits per heavy atom. The summed E-state index contributed by atoms with van der Waals surface area (Å²) in [6.45, 7) is -0.685. The third kappa shape index (κ3) is 4.24. The molecule has 1 atom stereocenters. The van der Waals surface area contributed by atoms with Crippen LogP contribution in [0.3, 0.4) is 0 Å². The van der Waals surface area contributed by atoms with Gasteiger partial charge in [-0.05, 0) is 23.8 Å². The number of halogens is 3. The number of carbonyl (C=O) groups is 1. The van der Waals surface area contributed by atoms with Gasteiger partial charge in [0.1, 0.15) is 0 Å². The topological polar surface area (TPSA) is 81.6 Å². The molecule has 2 amide bonds. The van der Waals surface area contributed by atoms with E-state index in [-0.39, 0.29) is 23.4 Å². The van der Waals surface area contributed by atoms with Crippen molar-refractivity contribution in [2.24, 2.45) is 0 Å². The van der Waals surface area contributed by atoms with E-state index in [9.17, 15) is 23.1 Å². The number of amides is 2. The molecule has 24 heavy (non-hydrogen) atoms. The maximum Gasteiger partial charge on any atom is 0.319 e. The van der Waals surface area contributed by atoms with Crippen molar-refractivity contribution in [2.45, 2.75) is 6.10 Å². The summed E-state index contributed by atoms with van der Waals surface area (Å²) in [6.07, 6.45) is -1.11. The van der Waals surface area contributed by atoms with E-state index in [4.69, 9.17) is 5.11 Å². The average Bonchev–Trinajstić information content (AvgIpc) is 2.57. The van der Waals surface area contributed by atoms with Crippen LogP contribution in [0, 0.1) is 17.5 Å². The molecule has 0 saturated heterocycles. The van der Waals surface area contributed by atoms with Crippen LogP contribution < -0.4 is 10.6 Å². The van der Waals surface area contributed by atoms with Gasteiger partial charge in [-0.25, -0.2) is 18.0 Å². The van der Waals surface area contributed by atoms with Crippen LogP contribution in [0.15, 0.2) is 36.4 Å². The van der Waals surface area contributed by atoms with Gasteiger partial charge in [-0.15, -0.1) is 0 Å². The quantitative estimate of drug-likeness (QED) is 0.630. The summed E-state index contributed by atoms with van der Waals surface area (Å²) >= 11 is 0. The lowest BCUT2D eigenvalue weighted by Gasteiger charge is -2.14. The molecule has 0 aromatic heterocycles. The van der Waals surface area contributed by atoms with Crippen LogP contribution in [0.5, 0.6) is 0 Å². The zero-order valence-corrected chi connectivity index (χ0v) is 12.4. The number of para-hydroxylation sites is 1. The number of hydrogen-bond acceptors (Lipinski definition) is 3. The Kier molecular flexibility index (Phi) is 5.78. The number of aliphatic hydroxyl groups is 2. The normalized spacial score (nSPS) is 11.9. The molecule has 0 aliphatic rings. The molecule has 0 heterocycles. The summed E-state index contributed by atoms with van der Waals surface area (Å²) < 4.78 is 39.9. The molecule has 1 unspecified atom stereocenters. The Morgan fingerprint density at radius 3 is 2.38 bits per heavy atom. The van der Waals surface area contributed by atoms with Gasteiger partial charge in [-0.1, -0.05) is 18.2 Å². The number of hydrogen-bond donors (Lipinski definition) is 4. The number of carbonyl (C=O) groups excluding carboxylic acids is 1. The Labute approximate surface area is 135 Å². The summed E-state index contributed by atoms with van der Waals surface area (Å²) in [5.74, 6) is -4.24. The largest absolute Gasteiger partial charge is 0.394 e. The summed E-state index contributed by atoms with van der Waals surface area (Å²) in [7, 11) is 0. The predicted molar refractivity (Wildman–Crippen MR) is 81.9 cm³/mol. The van der Waals surface area contributed by atoms with Gasteiger partial charge in [-0.2, -0.15) is 0 Å². The first-order valence-electron chi connectivity index (χ1n) is 7.00. The van der Waals surface area contributed by atoms with Crippen LogP contribution in [0.2, 0.25) is 0 Å². The van der Waals surface area contributed by atoms with Crippen LogP contribution in [0.25, 0.3) is 11.1 Å². The van der Waals surface area contributed by atoms with Gasteiger partial charge in [-0.3, -0.25) is 0 Å². The molecule has 0 saturated carbocycles. The number of urea groups is 1. The third-order valence-corrected chi connectivity index (χ3v) is 3.18. The van der Waals surface area contributed by atoms with Gasteiger partial charge in [0.25, 0.3) is 0 Å². The zero-order chi connectivity index (χ0) is 17.7. The van der Waals surface area contributed by atoms with Crippen LogP contribution in [-0.2, 0) is 0 Å². The molecule has 5 nitrogen and oxygen atoms in total. The van der Waals surface area contributed by atoms with E-state index in [0.29, 0.717) is 0 Å². The van der Waals surface area contributed by atoms with E-state index in [1.165, 1.54) is 12.1 Å². The molecule has 2 aromatic carbocycles. The summed E-state index contributed by atoms with van der Waals surface area (Å²) in [5.41, 5.74) is 0.574. The molecule has 0 aliphatic heterocycles. The first-order chi connectivity index (χ1) is 11.4. The van der Waals surface area contributed by atoms with Gasteiger partial charge in [0, 0.05) is 12.1 Å². The fraction of sp³-hybridized carbons (Fsp3) is 0.188. The molecule has 0 fully saturated rings. The molecule has 0 spiro atoms. The van der Waals surface area contributed by atoms with Crippen LogP contribution in [0.1, 0.15) is 0 Å². The van der Waals surface area contributed by atoms with E-state index < -0.39 is 36.2 Å². The SMILES string of the molecule is O=C(NCC(O)CO)Nc1ccccc1-c1cc(F)c(F)c(F)c1. The zero-order valence-electron chi connectivity index (χ0n) is 12.4. The van der Waals surface area contributed by atoms with Gasteiger partial charge < -0.3 is 20.8 Å². The summed E-state index contributed by atoms with van der Waals surface area (Å²) in [6, 6.07) is 7.16. The fourth-order valence-corrected chi connectivity index (χ4v) is 2.00. The number of benzene rings is 2. The molecular weight excluding hydrogens is 325 g/mol. The number of rotatable bonds is 5. The molecule has 8 heteroatoms. The molecule has 0 aliphatic carbocycles. The van der Waals surface area contributed by atoms with Crippen molar-refractivity contribution in [3.05, 3.63) is 53.8 Å². The van der Waals surface area contributed by atoms with Crippen molar-refractivity contribution >= 4 is 11.7 Å². The monoisotopic (exact) mass is 340 g/mol. The van der Waals surface area contributed by atoms with E-state index in [2.05, 4.69) is 10.6 Å². The fourth-order valence-electron chi connectivity index (χ4n) is 2.00. The minimum atomic E-state index is -1.57. The van der Waals surface area contributed by atoms with Gasteiger partial charge >= 0.3 is 6.03 Å². The highest BCUT2D eigenvalue weighted by Gasteiger charge is 2.15. The standard InChI is InChI=1S/C16H15F3N2O3/c17-12-5-9(6-13(18)15(12)19)11-3-1-2-4-14(11)21-16(24)20-7-10(23)8-22/h1-6,10,22-23H,7-8H2,(H2,20,21,24). The van der Waals surface area contributed by atoms with Crippen molar-refractivity contribution < 1.29 is 28.2 Å². The van der Waals surface area contributed by atoms with Crippen molar-refractivity contribution in [3.8, 4) is 11.1 Å². The lowest BCUT2D eigenvalue weighted by Crippen LogP contribution is -2.36. The molecule has 128 valence electrons. The Bertz CT molecular complexity index is 717. The van der Waals surface area contributed by atoms with Gasteiger partial charge in [0.05, 0.1) is 18.4 Å². The van der Waals surface area contributed by atoms with Crippen molar-refractivity contribution in [1.29, 1.82) is 0 Å². The van der Waals surface area contributed by atoms with Crippen LogP contribution >= 0.6 is 0 Å². The molecular formula is C16H15F3N2O3. The van der Waals surface area contributed by atoms with E-state index in [0.717, 1.165) is 12.1 Å². The first kappa shape index (κ1) is 17.8. The smallest absolute Gasteiger partial charge is 0.319 e. The first-order valence-corrected chi connectivity index (χ1v) is 7.00. The maximum atomic E-state index is 13.4. The van der Waals surface area contributed by atoms with Crippen molar-refractivity contribution in [3.63, 3.8) is 0 Å². The van der Waals surface area contributed by atoms with Crippen molar-refractivity contribution in [2.75, 3.05) is 18.5 Å². The molecule has 2 aromatic rings. The maximum absolute atomic E-state index is 13.4. The third-order valence-electron chi connectivity index (χ3n) is 3.18. The molecule has 2 rings (SSSR count). The number of nitrogens with one attached hydrogen (secondary N) is 2. The van der Waals surface area contributed by atoms with Crippen molar-refractivity contribution in [1.82, 2.24) is 5.32 Å². The highest BCUT2D eigenvalue weighted by molar-refractivity contribution is 5.94. The Morgan fingerprint density at radius 2 is 1.75 bits per heavy atom. The highest BCUT2D eigenvalue weighted by Crippen LogP contribution is 2.30. The summed E-state index contributed by atoms with van der Waals surface area (Å²) in [5, 5.41) is 22.6. The molecule has 0 bridgehead atoms. The van der Waals surface area contributed by atoms with Gasteiger partial charge in [0.15, 0.2) is 17.5 Å². The minimum Gasteiger partial charge on any atom is -0.394 e. The summed E-state index contributed by atoms with van der Waals surface area (Å²) in [4.78, 5) is 11.8. The minimum absolute atomic E-state index is 0.0534. The average molecular weight is 340 g/mol. The Balaban J connectivity index is 2.23. The molecule has 0 radical (unpaired) electrons. The lowest BCUT2D eigenvalue weighted by molar-refractivity contribution is 0.0965. The van der Waals surface area contributed by atoms with Gasteiger partial charge in [0.2, 0.25) is 0 Å². The second-order valence-electron chi connectivity index (χ2n) is 4.97. The van der Waals surface area contributed by atoms with E-state index in [1.807, 2.05) is 0 Å². The van der Waals surface area contributed by atoms with Crippen LogP contribution in [0.4, 0.5) is 23.7 Å². The van der Waals surface area contributed by atoms with E-state index >= 15 is 0 Å². The van der Waals surface area contributed by atoms with Crippen LogP contribution in [-0.4, -0.2) is 35.5 Å². The highest BCUT2D eigenvalue weighted by atomic mass is 19.2. The second kappa shape index (κ2) is 7.80.